The van der Waals surface area contributed by atoms with Crippen LogP contribution >= 0.6 is 11.3 Å². The predicted octanol–water partition coefficient (Wildman–Crippen LogP) is 2.33. The van der Waals surface area contributed by atoms with E-state index in [1.165, 1.54) is 23.3 Å². The van der Waals surface area contributed by atoms with Crippen LogP contribution in [0, 0.1) is 0 Å². The maximum atomic E-state index is 12.8. The van der Waals surface area contributed by atoms with Crippen LogP contribution in [0.1, 0.15) is 46.5 Å². The molecule has 3 heterocycles. The molecule has 0 spiro atoms. The van der Waals surface area contributed by atoms with E-state index in [0.717, 1.165) is 56.0 Å². The van der Waals surface area contributed by atoms with Gasteiger partial charge in [-0.1, -0.05) is 12.8 Å². The molecule has 1 saturated heterocycles. The van der Waals surface area contributed by atoms with Crippen molar-refractivity contribution in [3.05, 3.63) is 16.0 Å². The maximum absolute atomic E-state index is 12.8. The lowest BCUT2D eigenvalue weighted by Gasteiger charge is -2.24. The molecular formula is C15H23N3OS. The van der Waals surface area contributed by atoms with Crippen molar-refractivity contribution in [1.29, 1.82) is 0 Å². The minimum atomic E-state index is 0.173. The largest absolute Gasteiger partial charge is 0.390 e. The third-order valence-electron chi connectivity index (χ3n) is 4.38. The average molecular weight is 293 g/mol. The first-order valence-electron chi connectivity index (χ1n) is 7.54. The minimum Gasteiger partial charge on any atom is -0.390 e. The number of carbonyl (C=O) groups is 1. The van der Waals surface area contributed by atoms with Gasteiger partial charge in [-0.25, -0.2) is 0 Å². The smallest absolute Gasteiger partial charge is 0.257 e. The van der Waals surface area contributed by atoms with E-state index in [9.17, 15) is 4.79 Å². The molecule has 2 aliphatic heterocycles. The van der Waals surface area contributed by atoms with Crippen molar-refractivity contribution in [3.8, 4) is 0 Å². The van der Waals surface area contributed by atoms with Gasteiger partial charge in [0.2, 0.25) is 0 Å². The Kier molecular flexibility index (Phi) is 3.98. The Morgan fingerprint density at radius 1 is 1.15 bits per heavy atom. The van der Waals surface area contributed by atoms with Crippen LogP contribution in [0.15, 0.2) is 0 Å². The molecular weight excluding hydrogens is 270 g/mol. The van der Waals surface area contributed by atoms with E-state index in [1.54, 1.807) is 11.3 Å². The van der Waals surface area contributed by atoms with Gasteiger partial charge in [0.05, 0.1) is 10.6 Å². The Labute approximate surface area is 124 Å². The molecule has 0 atom stereocenters. The molecule has 3 rings (SSSR count). The highest BCUT2D eigenvalue weighted by Crippen LogP contribution is 2.35. The highest BCUT2D eigenvalue weighted by Gasteiger charge is 2.28. The standard InChI is InChI=1S/C15H23N3OS/c1-17-9-6-11-12(10-17)20-14(16)13(11)15(19)18-7-4-2-3-5-8-18/h2-10,16H2,1H3. The zero-order valence-corrected chi connectivity index (χ0v) is 13.0. The van der Waals surface area contributed by atoms with E-state index in [-0.39, 0.29) is 5.91 Å². The number of hydrogen-bond donors (Lipinski definition) is 1. The van der Waals surface area contributed by atoms with Crippen LogP contribution in [0.3, 0.4) is 0 Å². The van der Waals surface area contributed by atoms with Crippen molar-refractivity contribution >= 4 is 22.2 Å². The summed E-state index contributed by atoms with van der Waals surface area (Å²) in [6.07, 6.45) is 5.69. The molecule has 20 heavy (non-hydrogen) atoms. The first kappa shape index (κ1) is 13.9. The molecule has 2 aliphatic rings. The summed E-state index contributed by atoms with van der Waals surface area (Å²) in [7, 11) is 2.12. The van der Waals surface area contributed by atoms with E-state index >= 15 is 0 Å². The van der Waals surface area contributed by atoms with Gasteiger partial charge in [0, 0.05) is 31.1 Å². The number of thiophene rings is 1. The molecule has 0 saturated carbocycles. The van der Waals surface area contributed by atoms with Gasteiger partial charge in [-0.15, -0.1) is 11.3 Å². The van der Waals surface area contributed by atoms with Crippen molar-refractivity contribution in [2.75, 3.05) is 32.4 Å². The fourth-order valence-electron chi connectivity index (χ4n) is 3.22. The summed E-state index contributed by atoms with van der Waals surface area (Å²) in [6.45, 7) is 3.73. The van der Waals surface area contributed by atoms with Crippen LogP contribution in [0.2, 0.25) is 0 Å². The molecule has 5 heteroatoms. The number of carbonyl (C=O) groups excluding carboxylic acids is 1. The quantitative estimate of drug-likeness (QED) is 0.864. The van der Waals surface area contributed by atoms with Gasteiger partial charge in [-0.05, 0) is 31.9 Å². The lowest BCUT2D eigenvalue weighted by Crippen LogP contribution is -2.33. The Hall–Kier alpha value is -1.07. The third-order valence-corrected chi connectivity index (χ3v) is 5.43. The summed E-state index contributed by atoms with van der Waals surface area (Å²) in [6, 6.07) is 0. The van der Waals surface area contributed by atoms with Crippen LogP contribution in [-0.4, -0.2) is 42.4 Å². The summed E-state index contributed by atoms with van der Waals surface area (Å²) in [4.78, 5) is 18.4. The van der Waals surface area contributed by atoms with Crippen molar-refractivity contribution in [3.63, 3.8) is 0 Å². The van der Waals surface area contributed by atoms with E-state index < -0.39 is 0 Å². The maximum Gasteiger partial charge on any atom is 0.257 e. The Balaban J connectivity index is 1.87. The van der Waals surface area contributed by atoms with Crippen LogP contribution in [0.5, 0.6) is 0 Å². The third kappa shape index (κ3) is 2.56. The molecule has 4 nitrogen and oxygen atoms in total. The van der Waals surface area contributed by atoms with Crippen LogP contribution in [0.4, 0.5) is 5.00 Å². The number of likely N-dealkylation sites (N-methyl/N-ethyl adjacent to an activating group) is 1. The van der Waals surface area contributed by atoms with Gasteiger partial charge < -0.3 is 15.5 Å². The van der Waals surface area contributed by atoms with Gasteiger partial charge in [0.1, 0.15) is 0 Å². The molecule has 1 aromatic rings. The Morgan fingerprint density at radius 2 is 1.85 bits per heavy atom. The fraction of sp³-hybridized carbons (Fsp3) is 0.667. The first-order valence-corrected chi connectivity index (χ1v) is 8.36. The second kappa shape index (κ2) is 5.74. The van der Waals surface area contributed by atoms with Crippen molar-refractivity contribution in [2.24, 2.45) is 0 Å². The molecule has 0 aromatic carbocycles. The summed E-state index contributed by atoms with van der Waals surface area (Å²) in [5.41, 5.74) is 8.21. The minimum absolute atomic E-state index is 0.173. The summed E-state index contributed by atoms with van der Waals surface area (Å²) in [5.74, 6) is 0.173. The lowest BCUT2D eigenvalue weighted by atomic mass is 10.0. The van der Waals surface area contributed by atoms with Gasteiger partial charge >= 0.3 is 0 Å². The molecule has 2 N–H and O–H groups in total. The number of amides is 1. The van der Waals surface area contributed by atoms with Gasteiger partial charge in [-0.2, -0.15) is 0 Å². The van der Waals surface area contributed by atoms with Crippen LogP contribution < -0.4 is 5.73 Å². The molecule has 1 amide bonds. The van der Waals surface area contributed by atoms with Crippen LogP contribution in [0.25, 0.3) is 0 Å². The highest BCUT2D eigenvalue weighted by atomic mass is 32.1. The molecule has 0 bridgehead atoms. The number of nitrogens with two attached hydrogens (primary N) is 1. The number of likely N-dealkylation sites (tertiary alicyclic amines) is 1. The Morgan fingerprint density at radius 3 is 2.55 bits per heavy atom. The molecule has 1 aromatic heterocycles. The molecule has 0 radical (unpaired) electrons. The van der Waals surface area contributed by atoms with Crippen molar-refractivity contribution < 1.29 is 4.79 Å². The molecule has 0 unspecified atom stereocenters. The van der Waals surface area contributed by atoms with Crippen molar-refractivity contribution in [1.82, 2.24) is 9.80 Å². The van der Waals surface area contributed by atoms with E-state index in [1.807, 2.05) is 4.90 Å². The summed E-state index contributed by atoms with van der Waals surface area (Å²) >= 11 is 1.61. The average Bonchev–Trinajstić information content (AvgIpc) is 2.62. The SMILES string of the molecule is CN1CCc2c(sc(N)c2C(=O)N2CCCCCC2)C1. The number of hydrogen-bond acceptors (Lipinski definition) is 4. The zero-order chi connectivity index (χ0) is 14.1. The second-order valence-corrected chi connectivity index (χ2v) is 7.07. The Bertz CT molecular complexity index is 503. The molecule has 1 fully saturated rings. The number of rotatable bonds is 1. The van der Waals surface area contributed by atoms with Gasteiger partial charge in [0.15, 0.2) is 0 Å². The fourth-order valence-corrected chi connectivity index (χ4v) is 4.41. The van der Waals surface area contributed by atoms with Gasteiger partial charge in [-0.3, -0.25) is 4.79 Å². The van der Waals surface area contributed by atoms with E-state index in [2.05, 4.69) is 11.9 Å². The number of fused-ring (bicyclic) bond motifs is 1. The lowest BCUT2D eigenvalue weighted by molar-refractivity contribution is 0.0761. The van der Waals surface area contributed by atoms with Gasteiger partial charge in [0.25, 0.3) is 5.91 Å². The number of nitrogen functional groups attached to an aromatic ring is 1. The number of nitrogens with zero attached hydrogens (tertiary/aromatic N) is 2. The molecule has 110 valence electrons. The number of anilines is 1. The zero-order valence-electron chi connectivity index (χ0n) is 12.2. The first-order chi connectivity index (χ1) is 9.66. The van der Waals surface area contributed by atoms with E-state index in [4.69, 9.17) is 5.73 Å². The monoisotopic (exact) mass is 293 g/mol. The highest BCUT2D eigenvalue weighted by molar-refractivity contribution is 7.16. The topological polar surface area (TPSA) is 49.6 Å². The summed E-state index contributed by atoms with van der Waals surface area (Å²) < 4.78 is 0. The predicted molar refractivity (Wildman–Crippen MR) is 83.1 cm³/mol. The summed E-state index contributed by atoms with van der Waals surface area (Å²) in [5, 5.41) is 0.722. The van der Waals surface area contributed by atoms with Crippen LogP contribution in [-0.2, 0) is 13.0 Å². The van der Waals surface area contributed by atoms with Crippen molar-refractivity contribution in [2.45, 2.75) is 38.6 Å². The second-order valence-electron chi connectivity index (χ2n) is 5.94. The molecule has 0 aliphatic carbocycles. The van der Waals surface area contributed by atoms with E-state index in [0.29, 0.717) is 0 Å². The normalized spacial score (nSPS) is 20.6.